The molecule has 7 N–H and O–H groups in total. The summed E-state index contributed by atoms with van der Waals surface area (Å²) in [7, 11) is 0. The number of aliphatic hydroxyl groups is 4. The number of aliphatic carboxylic acids is 2. The van der Waals surface area contributed by atoms with Crippen LogP contribution in [-0.2, 0) is 31.9 Å². The topological polar surface area (TPSA) is 190 Å². The lowest BCUT2D eigenvalue weighted by Gasteiger charge is -2.72. The zero-order valence-corrected chi connectivity index (χ0v) is 33.3. The molecule has 0 bridgehead atoms. The monoisotopic (exact) mass is 755 g/mol. The first-order chi connectivity index (χ1) is 25.2. The van der Waals surface area contributed by atoms with Crippen LogP contribution >= 0.6 is 0 Å². The minimum Gasteiger partial charge on any atom is -0.481 e. The highest BCUT2D eigenvalue weighted by Crippen LogP contribution is 2.76. The maximum atomic E-state index is 13.2. The first kappa shape index (κ1) is 39.9. The molecule has 0 spiro atoms. The highest BCUT2D eigenvalue weighted by Gasteiger charge is 2.71. The minimum atomic E-state index is -1.78. The fourth-order valence-corrected chi connectivity index (χ4v) is 13.7. The SMILES string of the molecule is CCc1c[nH]cc1CC[C@]12CC[C@H](O[C@@H]3O[C@H](C(=O)O)[C@@H](O)[C@H](O)[C@H]3O)C(C)(C)[C@@H]1CC[C@]1(C)[C@@H]2CC=C2[C@@H]3[C@H](O)C(C)(C)CC[C@]3(C(=O)O)CC[C@]21C. The number of allylic oxidation sites excluding steroid dienone is 1. The Hall–Kier alpha value is -2.28. The Morgan fingerprint density at radius 2 is 1.54 bits per heavy atom. The third-order valence-electron chi connectivity index (χ3n) is 17.2. The van der Waals surface area contributed by atoms with Crippen molar-refractivity contribution in [2.75, 3.05) is 0 Å². The molecule has 302 valence electrons. The minimum absolute atomic E-state index is 0.124. The number of rotatable bonds is 8. The maximum Gasteiger partial charge on any atom is 0.335 e. The van der Waals surface area contributed by atoms with Crippen LogP contribution < -0.4 is 0 Å². The zero-order chi connectivity index (χ0) is 39.4. The summed E-state index contributed by atoms with van der Waals surface area (Å²) in [6.07, 6.45) is 6.70. The van der Waals surface area contributed by atoms with E-state index in [1.165, 1.54) is 11.1 Å². The van der Waals surface area contributed by atoms with Crippen molar-refractivity contribution >= 4 is 11.9 Å². The second kappa shape index (κ2) is 13.4. The van der Waals surface area contributed by atoms with Gasteiger partial charge in [-0.05, 0) is 127 Å². The van der Waals surface area contributed by atoms with Crippen LogP contribution in [0.4, 0.5) is 0 Å². The molecule has 11 heteroatoms. The number of nitrogens with one attached hydrogen (secondary N) is 1. The van der Waals surface area contributed by atoms with Gasteiger partial charge in [0.15, 0.2) is 12.4 Å². The van der Waals surface area contributed by atoms with Crippen molar-refractivity contribution in [2.45, 2.75) is 168 Å². The molecule has 0 aromatic carbocycles. The van der Waals surface area contributed by atoms with Gasteiger partial charge < -0.3 is 45.1 Å². The predicted octanol–water partition coefficient (Wildman–Crippen LogP) is 5.62. The standard InChI is InChI=1S/C43H65NO10/c1-8-23-21-44-22-24(23)11-15-42-16-13-28(53-36-32(47)30(45)31(46)33(54-36)35(49)50)39(4,5)26(42)12-14-41(7)27(42)10-9-25-29-34(48)38(2,3)17-19-43(29,37(51)52)20-18-40(25,41)6/h9,21-22,26-34,36,44-48H,8,10-20H2,1-7H3,(H,49,50)(H,51,52)/t26-,27-,28-,29+,30-,31-,32+,33-,34-,36+,40+,41+,42-,43-/m0/s1. The van der Waals surface area contributed by atoms with Gasteiger partial charge in [0, 0.05) is 18.3 Å². The van der Waals surface area contributed by atoms with E-state index in [0.29, 0.717) is 25.7 Å². The second-order valence-corrected chi connectivity index (χ2v) is 20.0. The van der Waals surface area contributed by atoms with Crippen molar-refractivity contribution in [3.05, 3.63) is 35.2 Å². The van der Waals surface area contributed by atoms with Crippen LogP contribution in [0.25, 0.3) is 0 Å². The van der Waals surface area contributed by atoms with Crippen LogP contribution in [0.2, 0.25) is 0 Å². The third kappa shape index (κ3) is 5.56. The Morgan fingerprint density at radius 3 is 2.20 bits per heavy atom. The lowest BCUT2D eigenvalue weighted by Crippen LogP contribution is -2.67. The number of H-pyrrole nitrogens is 1. The van der Waals surface area contributed by atoms with Gasteiger partial charge in [-0.15, -0.1) is 0 Å². The summed E-state index contributed by atoms with van der Waals surface area (Å²) in [4.78, 5) is 28.5. The van der Waals surface area contributed by atoms with Crippen LogP contribution in [0.3, 0.4) is 0 Å². The molecular weight excluding hydrogens is 690 g/mol. The zero-order valence-electron chi connectivity index (χ0n) is 33.3. The van der Waals surface area contributed by atoms with Gasteiger partial charge in [0.25, 0.3) is 0 Å². The van der Waals surface area contributed by atoms with E-state index in [-0.39, 0.29) is 33.5 Å². The predicted molar refractivity (Wildman–Crippen MR) is 200 cm³/mol. The molecule has 1 aliphatic heterocycles. The van der Waals surface area contributed by atoms with Crippen molar-refractivity contribution < 1.29 is 49.7 Å². The van der Waals surface area contributed by atoms with Crippen molar-refractivity contribution in [3.8, 4) is 0 Å². The van der Waals surface area contributed by atoms with Crippen molar-refractivity contribution in [2.24, 2.45) is 50.2 Å². The van der Waals surface area contributed by atoms with Gasteiger partial charge in [-0.3, -0.25) is 4.79 Å². The average molecular weight is 756 g/mol. The van der Waals surface area contributed by atoms with Crippen LogP contribution in [0.1, 0.15) is 124 Å². The molecule has 1 aromatic rings. The van der Waals surface area contributed by atoms with Gasteiger partial charge >= 0.3 is 11.9 Å². The van der Waals surface area contributed by atoms with Crippen molar-refractivity contribution in [1.82, 2.24) is 4.98 Å². The molecular formula is C43H65NO10. The van der Waals surface area contributed by atoms with Crippen molar-refractivity contribution in [3.63, 3.8) is 0 Å². The molecule has 0 amide bonds. The second-order valence-electron chi connectivity index (χ2n) is 20.0. The number of aromatic nitrogens is 1. The number of carbonyl (C=O) groups is 2. The molecule has 5 aliphatic carbocycles. The molecule has 11 nitrogen and oxygen atoms in total. The Labute approximate surface area is 319 Å². The van der Waals surface area contributed by atoms with Crippen LogP contribution in [-0.4, -0.2) is 90.5 Å². The fourth-order valence-electron chi connectivity index (χ4n) is 13.7. The lowest BCUT2D eigenvalue weighted by atomic mass is 9.32. The van der Waals surface area contributed by atoms with E-state index in [4.69, 9.17) is 9.47 Å². The number of carboxylic acid groups (broad SMARTS) is 2. The van der Waals surface area contributed by atoms with Gasteiger partial charge in [0.2, 0.25) is 0 Å². The number of hydrogen-bond donors (Lipinski definition) is 7. The summed E-state index contributed by atoms with van der Waals surface area (Å²) in [6.45, 7) is 15.6. The number of fused-ring (bicyclic) bond motifs is 7. The Balaban J connectivity index is 1.28. The average Bonchev–Trinajstić information content (AvgIpc) is 3.58. The number of aromatic amines is 1. The highest BCUT2D eigenvalue weighted by atomic mass is 16.7. The van der Waals surface area contributed by atoms with E-state index in [0.717, 1.165) is 56.9 Å². The molecule has 7 rings (SSSR count). The van der Waals surface area contributed by atoms with E-state index in [1.54, 1.807) is 0 Å². The number of carboxylic acids is 2. The normalized spacial score (nSPS) is 46.6. The molecule has 4 saturated carbocycles. The molecule has 0 unspecified atom stereocenters. The van der Waals surface area contributed by atoms with E-state index in [1.807, 2.05) is 0 Å². The number of aliphatic hydroxyl groups excluding tert-OH is 4. The van der Waals surface area contributed by atoms with E-state index in [9.17, 15) is 40.2 Å². The van der Waals surface area contributed by atoms with Gasteiger partial charge in [-0.1, -0.05) is 60.1 Å². The molecule has 54 heavy (non-hydrogen) atoms. The number of ether oxygens (including phenoxy) is 2. The fraction of sp³-hybridized carbons (Fsp3) is 0.814. The van der Waals surface area contributed by atoms with Gasteiger partial charge in [-0.25, -0.2) is 4.79 Å². The summed E-state index contributed by atoms with van der Waals surface area (Å²) in [5.41, 5.74) is 1.44. The lowest BCUT2D eigenvalue weighted by molar-refractivity contribution is -0.325. The Kier molecular flexibility index (Phi) is 9.91. The molecule has 2 heterocycles. The Bertz CT molecular complexity index is 1650. The summed E-state index contributed by atoms with van der Waals surface area (Å²) in [6, 6.07) is 0. The molecule has 0 radical (unpaired) electrons. The molecule has 1 saturated heterocycles. The van der Waals surface area contributed by atoms with E-state index in [2.05, 4.69) is 71.9 Å². The quantitative estimate of drug-likeness (QED) is 0.130. The van der Waals surface area contributed by atoms with Gasteiger partial charge in [0.1, 0.15) is 18.3 Å². The smallest absolute Gasteiger partial charge is 0.335 e. The molecule has 6 aliphatic rings. The molecule has 14 atom stereocenters. The maximum absolute atomic E-state index is 13.2. The molecule has 5 fully saturated rings. The van der Waals surface area contributed by atoms with E-state index >= 15 is 0 Å². The summed E-state index contributed by atoms with van der Waals surface area (Å²) in [5.74, 6) is -2.17. The van der Waals surface area contributed by atoms with Crippen LogP contribution in [0, 0.1) is 50.2 Å². The van der Waals surface area contributed by atoms with E-state index < -0.39 is 71.6 Å². The number of aryl methyl sites for hydroxylation is 2. The Morgan fingerprint density at radius 1 is 0.852 bits per heavy atom. The summed E-state index contributed by atoms with van der Waals surface area (Å²) in [5, 5.41) is 64.5. The third-order valence-corrected chi connectivity index (χ3v) is 17.2. The number of hydrogen-bond acceptors (Lipinski definition) is 8. The molecule has 1 aromatic heterocycles. The first-order valence-corrected chi connectivity index (χ1v) is 20.6. The first-order valence-electron chi connectivity index (χ1n) is 20.6. The largest absolute Gasteiger partial charge is 0.481 e. The summed E-state index contributed by atoms with van der Waals surface area (Å²) >= 11 is 0. The van der Waals surface area contributed by atoms with Crippen LogP contribution in [0.5, 0.6) is 0 Å². The van der Waals surface area contributed by atoms with Crippen molar-refractivity contribution in [1.29, 1.82) is 0 Å². The van der Waals surface area contributed by atoms with Gasteiger partial charge in [-0.2, -0.15) is 0 Å². The van der Waals surface area contributed by atoms with Crippen LogP contribution in [0.15, 0.2) is 24.0 Å². The summed E-state index contributed by atoms with van der Waals surface area (Å²) < 4.78 is 12.2. The highest BCUT2D eigenvalue weighted by molar-refractivity contribution is 5.77. The van der Waals surface area contributed by atoms with Gasteiger partial charge in [0.05, 0.1) is 17.6 Å².